The zero-order valence-corrected chi connectivity index (χ0v) is 16.3. The first kappa shape index (κ1) is 18.4. The van der Waals surface area contributed by atoms with Crippen LogP contribution in [0.15, 0.2) is 30.6 Å². The molecule has 0 bridgehead atoms. The van der Waals surface area contributed by atoms with Gasteiger partial charge in [-0.25, -0.2) is 15.0 Å². The lowest BCUT2D eigenvalue weighted by Crippen LogP contribution is -2.44. The smallest absolute Gasteiger partial charge is 0.229 e. The quantitative estimate of drug-likeness (QED) is 0.716. The molecule has 1 fully saturated rings. The molecule has 146 valence electrons. The minimum Gasteiger partial charge on any atom is -0.377 e. The average molecular weight is 380 g/mol. The van der Waals surface area contributed by atoms with E-state index >= 15 is 0 Å². The van der Waals surface area contributed by atoms with Crippen LogP contribution in [0, 0.1) is 0 Å². The van der Waals surface area contributed by atoms with E-state index in [1.54, 1.807) is 20.0 Å². The molecule has 8 nitrogen and oxygen atoms in total. The topological polar surface area (TPSA) is 110 Å². The fourth-order valence-corrected chi connectivity index (χ4v) is 3.37. The van der Waals surface area contributed by atoms with Crippen molar-refractivity contribution in [2.24, 2.45) is 5.73 Å². The lowest BCUT2D eigenvalue weighted by atomic mass is 9.88. The van der Waals surface area contributed by atoms with E-state index in [2.05, 4.69) is 21.8 Å². The summed E-state index contributed by atoms with van der Waals surface area (Å²) in [6.45, 7) is 7.65. The number of fused-ring (bicyclic) bond motifs is 1. The monoisotopic (exact) mass is 380 g/mol. The fourth-order valence-electron chi connectivity index (χ4n) is 3.37. The summed E-state index contributed by atoms with van der Waals surface area (Å²) in [5.41, 5.74) is 6.97. The number of anilines is 1. The average Bonchev–Trinajstić information content (AvgIpc) is 3.16. The molecule has 0 spiro atoms. The zero-order chi connectivity index (χ0) is 19.9. The number of nitrogens with zero attached hydrogens (tertiary/aromatic N) is 4. The van der Waals surface area contributed by atoms with Crippen molar-refractivity contribution in [2.45, 2.75) is 32.2 Å². The molecule has 4 rings (SSSR count). The van der Waals surface area contributed by atoms with Crippen molar-refractivity contribution < 1.29 is 9.53 Å². The van der Waals surface area contributed by atoms with Crippen LogP contribution in [0.1, 0.15) is 26.5 Å². The van der Waals surface area contributed by atoms with Gasteiger partial charge in [-0.1, -0.05) is 0 Å². The predicted octanol–water partition coefficient (Wildman–Crippen LogP) is 2.01. The number of primary amides is 1. The molecular formula is C20H24N6O2. The van der Waals surface area contributed by atoms with Gasteiger partial charge in [-0.05, 0) is 32.9 Å². The Labute approximate surface area is 163 Å². The highest BCUT2D eigenvalue weighted by atomic mass is 16.5. The summed E-state index contributed by atoms with van der Waals surface area (Å²) < 4.78 is 5.56. The summed E-state index contributed by atoms with van der Waals surface area (Å²) in [5.74, 6) is 0.887. The Hall–Kier alpha value is -3.00. The van der Waals surface area contributed by atoms with E-state index in [0.29, 0.717) is 24.7 Å². The molecule has 1 saturated heterocycles. The Balaban J connectivity index is 1.92. The Morgan fingerprint density at radius 2 is 2.18 bits per heavy atom. The number of aromatic amines is 1. The molecule has 0 radical (unpaired) electrons. The third-order valence-corrected chi connectivity index (χ3v) is 5.33. The summed E-state index contributed by atoms with van der Waals surface area (Å²) in [5, 5.41) is 0.928. The van der Waals surface area contributed by atoms with Crippen molar-refractivity contribution in [3.05, 3.63) is 36.3 Å². The predicted molar refractivity (Wildman–Crippen MR) is 107 cm³/mol. The van der Waals surface area contributed by atoms with Crippen LogP contribution in [-0.4, -0.2) is 51.6 Å². The van der Waals surface area contributed by atoms with Crippen LogP contribution in [0.25, 0.3) is 22.4 Å². The highest BCUT2D eigenvalue weighted by Crippen LogP contribution is 2.31. The molecule has 1 aliphatic heterocycles. The van der Waals surface area contributed by atoms with Crippen LogP contribution >= 0.6 is 0 Å². The molecule has 3 N–H and O–H groups in total. The van der Waals surface area contributed by atoms with E-state index < -0.39 is 11.3 Å². The van der Waals surface area contributed by atoms with Crippen molar-refractivity contribution in [3.8, 4) is 11.4 Å². The highest BCUT2D eigenvalue weighted by Gasteiger charge is 2.32. The Bertz CT molecular complexity index is 1030. The SMILES string of the molecule is C[C@@H]1COCCN1c1cc(C(C)(C)C(N)=O)nc(-c2ccnc3[nH]ccc23)n1. The lowest BCUT2D eigenvalue weighted by Gasteiger charge is -2.35. The van der Waals surface area contributed by atoms with E-state index in [4.69, 9.17) is 20.4 Å². The molecule has 1 atom stereocenters. The first-order valence-corrected chi connectivity index (χ1v) is 9.34. The van der Waals surface area contributed by atoms with E-state index in [0.717, 1.165) is 29.0 Å². The number of morpholine rings is 1. The molecule has 0 saturated carbocycles. The number of hydrogen-bond donors (Lipinski definition) is 2. The van der Waals surface area contributed by atoms with Gasteiger partial charge in [0.25, 0.3) is 0 Å². The van der Waals surface area contributed by atoms with E-state index in [1.807, 2.05) is 24.4 Å². The number of rotatable bonds is 4. The standard InChI is InChI=1S/C20H24N6O2/c1-12-11-28-9-8-26(12)16-10-15(20(2,3)19(21)27)24-18(25-16)14-5-7-23-17-13(14)4-6-22-17/h4-7,10,12H,8-9,11H2,1-3H3,(H2,21,27)(H,22,23)/t12-/m1/s1. The second kappa shape index (κ2) is 6.87. The van der Waals surface area contributed by atoms with Gasteiger partial charge in [0, 0.05) is 36.0 Å². The van der Waals surface area contributed by atoms with E-state index in [-0.39, 0.29) is 6.04 Å². The Kier molecular flexibility index (Phi) is 4.50. The minimum absolute atomic E-state index is 0.172. The Morgan fingerprint density at radius 1 is 1.36 bits per heavy atom. The van der Waals surface area contributed by atoms with Gasteiger partial charge in [0.15, 0.2) is 5.82 Å². The number of amides is 1. The number of hydrogen-bond acceptors (Lipinski definition) is 6. The molecule has 1 aliphatic rings. The van der Waals surface area contributed by atoms with Crippen LogP contribution in [-0.2, 0) is 14.9 Å². The van der Waals surface area contributed by atoms with Gasteiger partial charge in [0.1, 0.15) is 11.5 Å². The fraction of sp³-hybridized carbons (Fsp3) is 0.400. The summed E-state index contributed by atoms with van der Waals surface area (Å²) in [7, 11) is 0. The second-order valence-electron chi connectivity index (χ2n) is 7.64. The summed E-state index contributed by atoms with van der Waals surface area (Å²) in [4.78, 5) is 31.3. The van der Waals surface area contributed by atoms with Crippen LogP contribution in [0.5, 0.6) is 0 Å². The van der Waals surface area contributed by atoms with Crippen LogP contribution in [0.3, 0.4) is 0 Å². The molecule has 1 amide bonds. The zero-order valence-electron chi connectivity index (χ0n) is 16.3. The van der Waals surface area contributed by atoms with Gasteiger partial charge in [-0.3, -0.25) is 4.79 Å². The first-order chi connectivity index (χ1) is 13.4. The van der Waals surface area contributed by atoms with Crippen LogP contribution < -0.4 is 10.6 Å². The van der Waals surface area contributed by atoms with Crippen LogP contribution in [0.4, 0.5) is 5.82 Å². The third-order valence-electron chi connectivity index (χ3n) is 5.33. The van der Waals surface area contributed by atoms with Gasteiger partial charge in [0.2, 0.25) is 5.91 Å². The van der Waals surface area contributed by atoms with Gasteiger partial charge in [0.05, 0.1) is 30.4 Å². The van der Waals surface area contributed by atoms with E-state index in [1.165, 1.54) is 0 Å². The number of pyridine rings is 1. The van der Waals surface area contributed by atoms with Crippen LogP contribution in [0.2, 0.25) is 0 Å². The minimum atomic E-state index is -0.924. The molecule has 3 aromatic heterocycles. The summed E-state index contributed by atoms with van der Waals surface area (Å²) in [6.07, 6.45) is 3.56. The van der Waals surface area contributed by atoms with Gasteiger partial charge in [-0.2, -0.15) is 0 Å². The van der Waals surface area contributed by atoms with E-state index in [9.17, 15) is 4.79 Å². The molecule has 0 aromatic carbocycles. The molecule has 8 heteroatoms. The van der Waals surface area contributed by atoms with Crippen molar-refractivity contribution in [1.82, 2.24) is 19.9 Å². The molecular weight excluding hydrogens is 356 g/mol. The summed E-state index contributed by atoms with van der Waals surface area (Å²) in [6, 6.07) is 5.87. The second-order valence-corrected chi connectivity index (χ2v) is 7.64. The third kappa shape index (κ3) is 3.09. The highest BCUT2D eigenvalue weighted by molar-refractivity contribution is 5.91. The molecule has 3 aromatic rings. The largest absolute Gasteiger partial charge is 0.377 e. The maximum atomic E-state index is 12.1. The lowest BCUT2D eigenvalue weighted by molar-refractivity contribution is -0.122. The van der Waals surface area contributed by atoms with Gasteiger partial charge < -0.3 is 20.4 Å². The van der Waals surface area contributed by atoms with Gasteiger partial charge >= 0.3 is 0 Å². The number of carbonyl (C=O) groups is 1. The Morgan fingerprint density at radius 3 is 2.93 bits per heavy atom. The number of nitrogens with one attached hydrogen (secondary N) is 1. The number of H-pyrrole nitrogens is 1. The van der Waals surface area contributed by atoms with Crippen molar-refractivity contribution in [2.75, 3.05) is 24.7 Å². The maximum Gasteiger partial charge on any atom is 0.229 e. The first-order valence-electron chi connectivity index (χ1n) is 9.34. The molecule has 0 unspecified atom stereocenters. The number of carbonyl (C=O) groups excluding carboxylic acids is 1. The molecule has 28 heavy (non-hydrogen) atoms. The maximum absolute atomic E-state index is 12.1. The molecule has 4 heterocycles. The van der Waals surface area contributed by atoms with Crippen molar-refractivity contribution in [1.29, 1.82) is 0 Å². The van der Waals surface area contributed by atoms with Gasteiger partial charge in [-0.15, -0.1) is 0 Å². The van der Waals surface area contributed by atoms with Crippen molar-refractivity contribution >= 4 is 22.8 Å². The number of aromatic nitrogens is 4. The summed E-state index contributed by atoms with van der Waals surface area (Å²) >= 11 is 0. The number of ether oxygens (including phenoxy) is 1. The normalized spacial score (nSPS) is 17.8. The number of nitrogens with two attached hydrogens (primary N) is 1. The van der Waals surface area contributed by atoms with Crippen molar-refractivity contribution in [3.63, 3.8) is 0 Å². The molecule has 0 aliphatic carbocycles.